The summed E-state index contributed by atoms with van der Waals surface area (Å²) in [7, 11) is 0. The number of aromatic nitrogens is 4. The summed E-state index contributed by atoms with van der Waals surface area (Å²) in [6.07, 6.45) is 3.48. The summed E-state index contributed by atoms with van der Waals surface area (Å²) < 4.78 is 1.15. The van der Waals surface area contributed by atoms with Crippen molar-refractivity contribution in [2.75, 3.05) is 17.2 Å². The Kier molecular flexibility index (Phi) is 5.14. The lowest BCUT2D eigenvalue weighted by atomic mass is 10.2. The molecule has 0 unspecified atom stereocenters. The van der Waals surface area contributed by atoms with Crippen molar-refractivity contribution in [3.05, 3.63) is 53.8 Å². The minimum Gasteiger partial charge on any atom is -0.394 e. The number of nitrogens with one attached hydrogen (secondary N) is 2. The zero-order chi connectivity index (χ0) is 19.5. The van der Waals surface area contributed by atoms with E-state index >= 15 is 0 Å². The first kappa shape index (κ1) is 18.3. The molecule has 0 aliphatic heterocycles. The highest BCUT2D eigenvalue weighted by atomic mass is 32.1. The van der Waals surface area contributed by atoms with Crippen molar-refractivity contribution in [3.63, 3.8) is 0 Å². The molecular weight excluding hydrogens is 372 g/mol. The van der Waals surface area contributed by atoms with Gasteiger partial charge in [0.25, 0.3) is 0 Å². The quantitative estimate of drug-likeness (QED) is 0.456. The lowest BCUT2D eigenvalue weighted by Crippen LogP contribution is -2.21. The molecule has 0 radical (unpaired) electrons. The molecule has 0 fully saturated rings. The van der Waals surface area contributed by atoms with Crippen LogP contribution in [-0.4, -0.2) is 37.7 Å². The fourth-order valence-electron chi connectivity index (χ4n) is 2.77. The fraction of sp³-hybridized carbons (Fsp3) is 0.200. The second-order valence-corrected chi connectivity index (χ2v) is 7.71. The molecule has 7 nitrogen and oxygen atoms in total. The first-order valence-corrected chi connectivity index (χ1v) is 9.73. The van der Waals surface area contributed by atoms with Crippen LogP contribution in [0.3, 0.4) is 0 Å². The largest absolute Gasteiger partial charge is 0.394 e. The molecule has 0 amide bonds. The van der Waals surface area contributed by atoms with E-state index in [4.69, 9.17) is 0 Å². The van der Waals surface area contributed by atoms with Gasteiger partial charge < -0.3 is 15.7 Å². The Balaban J connectivity index is 1.70. The van der Waals surface area contributed by atoms with Crippen LogP contribution in [0.5, 0.6) is 0 Å². The molecule has 1 atom stereocenters. The number of aliphatic hydroxyl groups excluding tert-OH is 1. The van der Waals surface area contributed by atoms with Crippen LogP contribution in [0.25, 0.3) is 21.5 Å². The summed E-state index contributed by atoms with van der Waals surface area (Å²) >= 11 is 1.67. The van der Waals surface area contributed by atoms with Gasteiger partial charge in [-0.25, -0.2) is 9.97 Å². The monoisotopic (exact) mass is 392 g/mol. The van der Waals surface area contributed by atoms with Crippen molar-refractivity contribution in [3.8, 4) is 11.3 Å². The van der Waals surface area contributed by atoms with Gasteiger partial charge in [-0.05, 0) is 44.2 Å². The van der Waals surface area contributed by atoms with Gasteiger partial charge in [0.1, 0.15) is 5.82 Å². The number of fused-ring (bicyclic) bond motifs is 1. The highest BCUT2D eigenvalue weighted by Gasteiger charge is 2.10. The van der Waals surface area contributed by atoms with Gasteiger partial charge in [0, 0.05) is 35.8 Å². The Bertz CT molecular complexity index is 1100. The summed E-state index contributed by atoms with van der Waals surface area (Å²) in [6.45, 7) is 3.86. The molecule has 3 heterocycles. The molecule has 4 aromatic rings. The number of hydrogen-bond acceptors (Lipinski definition) is 8. The van der Waals surface area contributed by atoms with Crippen molar-refractivity contribution >= 4 is 39.0 Å². The van der Waals surface area contributed by atoms with Crippen molar-refractivity contribution in [2.45, 2.75) is 19.9 Å². The predicted molar refractivity (Wildman–Crippen MR) is 113 cm³/mol. The zero-order valence-electron chi connectivity index (χ0n) is 15.5. The van der Waals surface area contributed by atoms with Gasteiger partial charge in [0.15, 0.2) is 0 Å². The van der Waals surface area contributed by atoms with E-state index in [-0.39, 0.29) is 12.6 Å². The normalized spacial score (nSPS) is 12.1. The smallest absolute Gasteiger partial charge is 0.225 e. The number of pyridine rings is 1. The Hall–Kier alpha value is -3.10. The second kappa shape index (κ2) is 7.87. The van der Waals surface area contributed by atoms with E-state index < -0.39 is 0 Å². The van der Waals surface area contributed by atoms with E-state index in [0.29, 0.717) is 11.8 Å². The van der Waals surface area contributed by atoms with Crippen LogP contribution in [0, 0.1) is 6.92 Å². The van der Waals surface area contributed by atoms with Gasteiger partial charge in [-0.3, -0.25) is 4.98 Å². The maximum Gasteiger partial charge on any atom is 0.225 e. The standard InChI is InChI=1S/C20H20N6OS/c1-12(11-27)22-20-25-16(14-4-3-7-21-10-14)9-19(26-20)24-15-5-6-18-17(8-15)23-13(2)28-18/h3-10,12,27H,11H2,1-2H3,(H2,22,24,25,26)/t12-/m0/s1. The van der Waals surface area contributed by atoms with Crippen LogP contribution in [0.15, 0.2) is 48.8 Å². The van der Waals surface area contributed by atoms with E-state index in [9.17, 15) is 5.11 Å². The molecule has 0 aliphatic rings. The number of thiazole rings is 1. The summed E-state index contributed by atoms with van der Waals surface area (Å²) in [5.41, 5.74) is 3.48. The van der Waals surface area contributed by atoms with Crippen LogP contribution in [-0.2, 0) is 0 Å². The molecule has 28 heavy (non-hydrogen) atoms. The van der Waals surface area contributed by atoms with Gasteiger partial charge in [-0.15, -0.1) is 11.3 Å². The van der Waals surface area contributed by atoms with Crippen molar-refractivity contribution in [1.29, 1.82) is 0 Å². The number of aryl methyl sites for hydroxylation is 1. The summed E-state index contributed by atoms with van der Waals surface area (Å²) in [5.74, 6) is 1.09. The molecule has 0 bridgehead atoms. The average Bonchev–Trinajstić information content (AvgIpc) is 3.07. The lowest BCUT2D eigenvalue weighted by molar-refractivity contribution is 0.281. The number of benzene rings is 1. The second-order valence-electron chi connectivity index (χ2n) is 6.47. The van der Waals surface area contributed by atoms with E-state index in [1.54, 1.807) is 23.7 Å². The van der Waals surface area contributed by atoms with Gasteiger partial charge in [-0.1, -0.05) is 0 Å². The molecule has 8 heteroatoms. The van der Waals surface area contributed by atoms with Crippen LogP contribution >= 0.6 is 11.3 Å². The highest BCUT2D eigenvalue weighted by molar-refractivity contribution is 7.18. The van der Waals surface area contributed by atoms with Crippen LogP contribution in [0.1, 0.15) is 11.9 Å². The fourth-order valence-corrected chi connectivity index (χ4v) is 3.58. The van der Waals surface area contributed by atoms with Crippen molar-refractivity contribution in [2.24, 2.45) is 0 Å². The van der Waals surface area contributed by atoms with Crippen molar-refractivity contribution in [1.82, 2.24) is 19.9 Å². The third kappa shape index (κ3) is 4.08. The third-order valence-electron chi connectivity index (χ3n) is 4.10. The molecule has 0 spiro atoms. The number of anilines is 3. The van der Waals surface area contributed by atoms with Gasteiger partial charge >= 0.3 is 0 Å². The zero-order valence-corrected chi connectivity index (χ0v) is 16.4. The van der Waals surface area contributed by atoms with Crippen LogP contribution < -0.4 is 10.6 Å². The number of nitrogens with zero attached hydrogens (tertiary/aromatic N) is 4. The van der Waals surface area contributed by atoms with Gasteiger partial charge in [-0.2, -0.15) is 4.98 Å². The van der Waals surface area contributed by atoms with E-state index in [2.05, 4.69) is 36.6 Å². The topological polar surface area (TPSA) is 95.9 Å². The van der Waals surface area contributed by atoms with E-state index in [1.807, 2.05) is 44.2 Å². The van der Waals surface area contributed by atoms with Crippen LogP contribution in [0.2, 0.25) is 0 Å². The highest BCUT2D eigenvalue weighted by Crippen LogP contribution is 2.27. The summed E-state index contributed by atoms with van der Waals surface area (Å²) in [5, 5.41) is 16.8. The van der Waals surface area contributed by atoms with Gasteiger partial charge in [0.2, 0.25) is 5.95 Å². The minimum atomic E-state index is -0.161. The van der Waals surface area contributed by atoms with Crippen LogP contribution in [0.4, 0.5) is 17.5 Å². The number of hydrogen-bond donors (Lipinski definition) is 3. The van der Waals surface area contributed by atoms with Gasteiger partial charge in [0.05, 0.1) is 27.5 Å². The number of rotatable bonds is 6. The average molecular weight is 392 g/mol. The first-order valence-electron chi connectivity index (χ1n) is 8.92. The lowest BCUT2D eigenvalue weighted by Gasteiger charge is -2.14. The molecule has 0 aliphatic carbocycles. The Morgan fingerprint density at radius 1 is 1.14 bits per heavy atom. The maximum atomic E-state index is 9.34. The Morgan fingerprint density at radius 3 is 2.82 bits per heavy atom. The molecular formula is C20H20N6OS. The molecule has 142 valence electrons. The molecule has 3 aromatic heterocycles. The SMILES string of the molecule is Cc1nc2cc(Nc3cc(-c4cccnc4)nc(N[C@@H](C)CO)n3)ccc2s1. The molecule has 4 rings (SSSR count). The Labute approximate surface area is 166 Å². The molecule has 0 saturated heterocycles. The molecule has 1 aromatic carbocycles. The number of aliphatic hydroxyl groups is 1. The molecule has 0 saturated carbocycles. The maximum absolute atomic E-state index is 9.34. The summed E-state index contributed by atoms with van der Waals surface area (Å²) in [4.78, 5) is 17.8. The van der Waals surface area contributed by atoms with Crippen molar-refractivity contribution < 1.29 is 5.11 Å². The minimum absolute atomic E-state index is 0.0108. The van der Waals surface area contributed by atoms with E-state index in [0.717, 1.165) is 32.2 Å². The first-order chi connectivity index (χ1) is 13.6. The van der Waals surface area contributed by atoms with E-state index in [1.165, 1.54) is 0 Å². The summed E-state index contributed by atoms with van der Waals surface area (Å²) in [6, 6.07) is 11.6. The Morgan fingerprint density at radius 2 is 2.04 bits per heavy atom. The predicted octanol–water partition coefficient (Wildman–Crippen LogP) is 3.99. The molecule has 3 N–H and O–H groups in total. The third-order valence-corrected chi connectivity index (χ3v) is 5.05.